The fraction of sp³-hybridized carbons (Fsp3) is 0.217. The van der Waals surface area contributed by atoms with Gasteiger partial charge in [-0.25, -0.2) is 0 Å². The first-order valence-electron chi connectivity index (χ1n) is 9.98. The second-order valence-electron chi connectivity index (χ2n) is 7.01. The Balaban J connectivity index is 1.66. The van der Waals surface area contributed by atoms with Crippen molar-refractivity contribution in [2.75, 3.05) is 12.4 Å². The SMILES string of the molecule is CCOc1ccc(-n2c(SCC(=O)c3cc(C)[nH]c3C)nnc2-c2cccnc2)cc1. The van der Waals surface area contributed by atoms with Gasteiger partial charge in [0, 0.05) is 40.6 Å². The summed E-state index contributed by atoms with van der Waals surface area (Å²) in [6, 6.07) is 13.4. The van der Waals surface area contributed by atoms with Crippen molar-refractivity contribution in [3.63, 3.8) is 0 Å². The van der Waals surface area contributed by atoms with E-state index >= 15 is 0 Å². The van der Waals surface area contributed by atoms with Crippen molar-refractivity contribution in [1.82, 2.24) is 24.7 Å². The van der Waals surface area contributed by atoms with Crippen LogP contribution in [0.4, 0.5) is 0 Å². The van der Waals surface area contributed by atoms with Crippen LogP contribution in [0.5, 0.6) is 5.75 Å². The number of aryl methyl sites for hydroxylation is 2. The monoisotopic (exact) mass is 433 g/mol. The van der Waals surface area contributed by atoms with Crippen molar-refractivity contribution in [2.24, 2.45) is 0 Å². The van der Waals surface area contributed by atoms with Crippen molar-refractivity contribution in [2.45, 2.75) is 25.9 Å². The lowest BCUT2D eigenvalue weighted by molar-refractivity contribution is 0.102. The lowest BCUT2D eigenvalue weighted by Gasteiger charge is -2.11. The maximum Gasteiger partial charge on any atom is 0.196 e. The largest absolute Gasteiger partial charge is 0.494 e. The Morgan fingerprint density at radius 2 is 1.97 bits per heavy atom. The quantitative estimate of drug-likeness (QED) is 0.322. The number of ketones is 1. The molecule has 0 aliphatic rings. The minimum absolute atomic E-state index is 0.0519. The number of carbonyl (C=O) groups is 1. The predicted molar refractivity (Wildman–Crippen MR) is 121 cm³/mol. The van der Waals surface area contributed by atoms with Gasteiger partial charge in [0.2, 0.25) is 0 Å². The zero-order valence-electron chi connectivity index (χ0n) is 17.6. The molecule has 7 nitrogen and oxygen atoms in total. The molecule has 0 aliphatic heterocycles. The molecule has 3 heterocycles. The van der Waals surface area contributed by atoms with Crippen LogP contribution in [0.15, 0.2) is 60.0 Å². The first-order chi connectivity index (χ1) is 15.1. The number of hydrogen-bond donors (Lipinski definition) is 1. The zero-order valence-corrected chi connectivity index (χ0v) is 18.4. The van der Waals surface area contributed by atoms with Crippen LogP contribution in [0.1, 0.15) is 28.7 Å². The predicted octanol–water partition coefficient (Wildman–Crippen LogP) is 4.65. The number of hydrogen-bond acceptors (Lipinski definition) is 6. The zero-order chi connectivity index (χ0) is 21.8. The van der Waals surface area contributed by atoms with Crippen LogP contribution in [0.3, 0.4) is 0 Å². The number of aromatic amines is 1. The van der Waals surface area contributed by atoms with Crippen molar-refractivity contribution in [3.8, 4) is 22.8 Å². The van der Waals surface area contributed by atoms with Gasteiger partial charge in [0.15, 0.2) is 16.8 Å². The molecule has 31 heavy (non-hydrogen) atoms. The molecule has 0 unspecified atom stereocenters. The van der Waals surface area contributed by atoms with Crippen LogP contribution in [0.25, 0.3) is 17.1 Å². The van der Waals surface area contributed by atoms with Crippen LogP contribution in [0.2, 0.25) is 0 Å². The summed E-state index contributed by atoms with van der Waals surface area (Å²) in [6.45, 7) is 6.41. The van der Waals surface area contributed by atoms with Crippen molar-refractivity contribution in [1.29, 1.82) is 0 Å². The molecular weight excluding hydrogens is 410 g/mol. The molecule has 0 amide bonds. The van der Waals surface area contributed by atoms with Gasteiger partial charge in [-0.3, -0.25) is 14.3 Å². The Bertz CT molecular complexity index is 1180. The van der Waals surface area contributed by atoms with Crippen molar-refractivity contribution < 1.29 is 9.53 Å². The molecule has 8 heteroatoms. The Morgan fingerprint density at radius 3 is 2.61 bits per heavy atom. The van der Waals surface area contributed by atoms with Crippen molar-refractivity contribution >= 4 is 17.5 Å². The summed E-state index contributed by atoms with van der Waals surface area (Å²) in [5, 5.41) is 9.42. The van der Waals surface area contributed by atoms with E-state index in [1.807, 2.05) is 67.8 Å². The number of ether oxygens (including phenoxy) is 1. The topological polar surface area (TPSA) is 85.7 Å². The highest BCUT2D eigenvalue weighted by molar-refractivity contribution is 7.99. The molecule has 0 fully saturated rings. The van der Waals surface area contributed by atoms with Gasteiger partial charge in [-0.15, -0.1) is 10.2 Å². The molecular formula is C23H23N5O2S. The molecule has 0 radical (unpaired) electrons. The second kappa shape index (κ2) is 9.18. The fourth-order valence-electron chi connectivity index (χ4n) is 3.36. The summed E-state index contributed by atoms with van der Waals surface area (Å²) in [6.07, 6.45) is 3.47. The van der Waals surface area contributed by atoms with Gasteiger partial charge < -0.3 is 9.72 Å². The van der Waals surface area contributed by atoms with E-state index in [0.29, 0.717) is 23.2 Å². The van der Waals surface area contributed by atoms with E-state index in [1.165, 1.54) is 11.8 Å². The minimum atomic E-state index is 0.0519. The summed E-state index contributed by atoms with van der Waals surface area (Å²) >= 11 is 1.37. The molecule has 158 valence electrons. The molecule has 0 atom stereocenters. The summed E-state index contributed by atoms with van der Waals surface area (Å²) in [4.78, 5) is 20.2. The van der Waals surface area contributed by atoms with Crippen LogP contribution >= 0.6 is 11.8 Å². The van der Waals surface area contributed by atoms with Gasteiger partial charge in [0.1, 0.15) is 5.75 Å². The van der Waals surface area contributed by atoms with E-state index in [-0.39, 0.29) is 11.5 Å². The van der Waals surface area contributed by atoms with Gasteiger partial charge >= 0.3 is 0 Å². The molecule has 0 saturated heterocycles. The third-order valence-corrected chi connectivity index (χ3v) is 5.67. The van der Waals surface area contributed by atoms with Gasteiger partial charge in [0.25, 0.3) is 0 Å². The highest BCUT2D eigenvalue weighted by Gasteiger charge is 2.19. The van der Waals surface area contributed by atoms with Gasteiger partial charge in [-0.2, -0.15) is 0 Å². The maximum atomic E-state index is 12.8. The van der Waals surface area contributed by atoms with E-state index in [9.17, 15) is 4.79 Å². The smallest absolute Gasteiger partial charge is 0.196 e. The van der Waals surface area contributed by atoms with E-state index in [2.05, 4.69) is 20.2 Å². The molecule has 0 bridgehead atoms. The van der Waals surface area contributed by atoms with Crippen LogP contribution < -0.4 is 4.74 Å². The number of benzene rings is 1. The summed E-state index contributed by atoms with van der Waals surface area (Å²) in [7, 11) is 0. The molecule has 1 N–H and O–H groups in total. The Kier molecular flexibility index (Phi) is 6.18. The number of rotatable bonds is 8. The van der Waals surface area contributed by atoms with Gasteiger partial charge in [-0.05, 0) is 63.2 Å². The highest BCUT2D eigenvalue weighted by Crippen LogP contribution is 2.29. The van der Waals surface area contributed by atoms with Crippen molar-refractivity contribution in [3.05, 3.63) is 71.8 Å². The average Bonchev–Trinajstić information content (AvgIpc) is 3.36. The number of H-pyrrole nitrogens is 1. The number of nitrogens with one attached hydrogen (secondary N) is 1. The van der Waals surface area contributed by atoms with Crippen LogP contribution in [-0.4, -0.2) is 42.9 Å². The normalized spacial score (nSPS) is 10.9. The Morgan fingerprint density at radius 1 is 1.16 bits per heavy atom. The van der Waals surface area contributed by atoms with Crippen LogP contribution in [-0.2, 0) is 0 Å². The second-order valence-corrected chi connectivity index (χ2v) is 7.96. The van der Waals surface area contributed by atoms with Gasteiger partial charge in [-0.1, -0.05) is 11.8 Å². The molecule has 1 aromatic carbocycles. The first-order valence-corrected chi connectivity index (χ1v) is 11.0. The minimum Gasteiger partial charge on any atom is -0.494 e. The van der Waals surface area contributed by atoms with E-state index in [1.54, 1.807) is 12.4 Å². The first kappa shape index (κ1) is 20.9. The van der Waals surface area contributed by atoms with E-state index < -0.39 is 0 Å². The number of pyridine rings is 1. The number of Topliss-reactive ketones (excluding diaryl/α,β-unsaturated/α-hetero) is 1. The van der Waals surface area contributed by atoms with Crippen LogP contribution in [0, 0.1) is 13.8 Å². The molecule has 4 aromatic rings. The molecule has 0 aliphatic carbocycles. The maximum absolute atomic E-state index is 12.8. The third kappa shape index (κ3) is 4.54. The molecule has 0 spiro atoms. The Labute approximate surface area is 184 Å². The number of nitrogens with zero attached hydrogens (tertiary/aromatic N) is 4. The number of carbonyl (C=O) groups excluding carboxylic acids is 1. The third-order valence-electron chi connectivity index (χ3n) is 4.74. The standard InChI is InChI=1S/C23H23N5O2S/c1-4-30-19-9-7-18(8-10-19)28-22(17-6-5-11-24-13-17)26-27-23(28)31-14-21(29)20-12-15(2)25-16(20)3/h5-13,25H,4,14H2,1-3H3. The van der Waals surface area contributed by atoms with Gasteiger partial charge in [0.05, 0.1) is 12.4 Å². The molecule has 3 aromatic heterocycles. The Hall–Kier alpha value is -3.39. The fourth-order valence-corrected chi connectivity index (χ4v) is 4.19. The van der Waals surface area contributed by atoms with E-state index in [0.717, 1.165) is 28.4 Å². The number of aromatic nitrogens is 5. The molecule has 4 rings (SSSR count). The highest BCUT2D eigenvalue weighted by atomic mass is 32.2. The number of thioether (sulfide) groups is 1. The average molecular weight is 434 g/mol. The summed E-state index contributed by atoms with van der Waals surface area (Å²) in [5.41, 5.74) is 4.30. The lowest BCUT2D eigenvalue weighted by Crippen LogP contribution is -2.05. The molecule has 0 saturated carbocycles. The summed E-state index contributed by atoms with van der Waals surface area (Å²) < 4.78 is 7.51. The summed E-state index contributed by atoms with van der Waals surface area (Å²) in [5.74, 6) is 1.78. The lowest BCUT2D eigenvalue weighted by atomic mass is 10.2. The van der Waals surface area contributed by atoms with E-state index in [4.69, 9.17) is 4.74 Å².